The molecular weight excluding hydrogens is 385 g/mol. The van der Waals surface area contributed by atoms with Gasteiger partial charge in [0.2, 0.25) is 0 Å². The number of aromatic nitrogens is 3. The van der Waals surface area contributed by atoms with Gasteiger partial charge in [-0.15, -0.1) is 11.3 Å². The molecule has 2 aliphatic heterocycles. The predicted molar refractivity (Wildman–Crippen MR) is 99.5 cm³/mol. The Balaban J connectivity index is 1.26. The van der Waals surface area contributed by atoms with Crippen molar-refractivity contribution in [1.29, 1.82) is 0 Å². The normalized spacial score (nSPS) is 20.8. The second-order valence-electron chi connectivity index (χ2n) is 7.36. The van der Waals surface area contributed by atoms with Crippen LogP contribution in [0.2, 0.25) is 0 Å². The Morgan fingerprint density at radius 2 is 2.11 bits per heavy atom. The third-order valence-corrected chi connectivity index (χ3v) is 6.06. The van der Waals surface area contributed by atoms with Crippen molar-refractivity contribution in [3.05, 3.63) is 57.0 Å². The molecule has 28 heavy (non-hydrogen) atoms. The molecule has 144 valence electrons. The fourth-order valence-corrected chi connectivity index (χ4v) is 4.88. The number of thiazole rings is 1. The van der Waals surface area contributed by atoms with Gasteiger partial charge in [-0.3, -0.25) is 9.47 Å². The number of benzene rings is 1. The minimum absolute atomic E-state index is 0.196. The monoisotopic (exact) mass is 401 g/mol. The van der Waals surface area contributed by atoms with Crippen LogP contribution in [0.3, 0.4) is 0 Å². The zero-order valence-electron chi connectivity index (χ0n) is 15.0. The van der Waals surface area contributed by atoms with Crippen LogP contribution in [0.1, 0.15) is 17.5 Å². The van der Waals surface area contributed by atoms with E-state index in [0.29, 0.717) is 25.6 Å². The van der Waals surface area contributed by atoms with Crippen LogP contribution in [0.15, 0.2) is 30.5 Å². The molecule has 0 bridgehead atoms. The van der Waals surface area contributed by atoms with Crippen LogP contribution < -0.4 is 4.74 Å². The van der Waals surface area contributed by atoms with E-state index in [1.807, 2.05) is 6.92 Å². The summed E-state index contributed by atoms with van der Waals surface area (Å²) in [5.41, 5.74) is 1.47. The summed E-state index contributed by atoms with van der Waals surface area (Å²) in [6.45, 7) is 4.65. The molecule has 2 aromatic heterocycles. The molecule has 0 saturated heterocycles. The first kappa shape index (κ1) is 17.3. The van der Waals surface area contributed by atoms with E-state index in [2.05, 4.69) is 9.88 Å². The third-order valence-electron chi connectivity index (χ3n) is 4.92. The maximum Gasteiger partial charge on any atom is 0.415 e. The number of imidazole rings is 1. The largest absolute Gasteiger partial charge is 0.436 e. The van der Waals surface area contributed by atoms with Crippen LogP contribution in [0.5, 0.6) is 6.01 Å². The highest BCUT2D eigenvalue weighted by atomic mass is 32.1. The average Bonchev–Trinajstić information content (AvgIpc) is 3.33. The average molecular weight is 401 g/mol. The van der Waals surface area contributed by atoms with E-state index in [1.165, 1.54) is 23.2 Å². The zero-order chi connectivity index (χ0) is 19.5. The van der Waals surface area contributed by atoms with Gasteiger partial charge in [0, 0.05) is 35.1 Å². The predicted octanol–water partition coefficient (Wildman–Crippen LogP) is 3.22. The lowest BCUT2D eigenvalue weighted by molar-refractivity contribution is -0.389. The smallest absolute Gasteiger partial charge is 0.415 e. The van der Waals surface area contributed by atoms with Gasteiger partial charge in [0.15, 0.2) is 0 Å². The van der Waals surface area contributed by atoms with Crippen molar-refractivity contribution in [1.82, 2.24) is 19.4 Å². The van der Waals surface area contributed by atoms with Gasteiger partial charge in [0.1, 0.15) is 22.6 Å². The van der Waals surface area contributed by atoms with Gasteiger partial charge in [0.05, 0.1) is 12.2 Å². The Morgan fingerprint density at radius 3 is 2.79 bits per heavy atom. The highest BCUT2D eigenvalue weighted by molar-refractivity contribution is 7.15. The van der Waals surface area contributed by atoms with E-state index >= 15 is 0 Å². The molecule has 8 nitrogen and oxygen atoms in total. The van der Waals surface area contributed by atoms with Crippen LogP contribution in [0.25, 0.3) is 10.6 Å². The molecule has 3 aromatic rings. The lowest BCUT2D eigenvalue weighted by atomic mass is 10.1. The summed E-state index contributed by atoms with van der Waals surface area (Å²) >= 11 is 1.63. The topological polar surface area (TPSA) is 86.3 Å². The number of fused-ring (bicyclic) bond motifs is 2. The molecule has 0 N–H and O–H groups in total. The van der Waals surface area contributed by atoms with Gasteiger partial charge < -0.3 is 14.9 Å². The fourth-order valence-electron chi connectivity index (χ4n) is 3.77. The van der Waals surface area contributed by atoms with Crippen molar-refractivity contribution >= 4 is 17.2 Å². The summed E-state index contributed by atoms with van der Waals surface area (Å²) in [6, 6.07) is 6.67. The number of rotatable bonds is 4. The quantitative estimate of drug-likeness (QED) is 0.493. The summed E-state index contributed by atoms with van der Waals surface area (Å²) in [7, 11) is 0. The van der Waals surface area contributed by atoms with E-state index in [1.54, 1.807) is 28.0 Å². The Bertz CT molecular complexity index is 1030. The number of halogens is 1. The number of hydrogen-bond acceptors (Lipinski definition) is 7. The molecule has 5 rings (SSSR count). The van der Waals surface area contributed by atoms with Crippen molar-refractivity contribution in [3.63, 3.8) is 0 Å². The van der Waals surface area contributed by atoms with E-state index in [-0.39, 0.29) is 11.6 Å². The molecule has 1 aromatic carbocycles. The Kier molecular flexibility index (Phi) is 3.75. The summed E-state index contributed by atoms with van der Waals surface area (Å²) in [5, 5.41) is 11.7. The minimum Gasteiger partial charge on any atom is -0.436 e. The maximum atomic E-state index is 13.1. The second kappa shape index (κ2) is 6.08. The van der Waals surface area contributed by atoms with Crippen molar-refractivity contribution in [3.8, 4) is 16.6 Å². The lowest BCUT2D eigenvalue weighted by Crippen LogP contribution is -2.43. The molecule has 0 saturated carbocycles. The van der Waals surface area contributed by atoms with Crippen molar-refractivity contribution in [2.45, 2.75) is 32.2 Å². The minimum atomic E-state index is -0.519. The molecule has 10 heteroatoms. The lowest BCUT2D eigenvalue weighted by Gasteiger charge is -2.27. The molecule has 2 aliphatic rings. The molecule has 4 heterocycles. The summed E-state index contributed by atoms with van der Waals surface area (Å²) < 4.78 is 20.7. The van der Waals surface area contributed by atoms with Gasteiger partial charge in [-0.05, 0) is 36.1 Å². The van der Waals surface area contributed by atoms with Gasteiger partial charge in [0.25, 0.3) is 0 Å². The molecule has 0 amide bonds. The van der Waals surface area contributed by atoms with Gasteiger partial charge in [-0.1, -0.05) is 0 Å². The number of hydrogen-bond donors (Lipinski definition) is 0. The highest BCUT2D eigenvalue weighted by Gasteiger charge is 2.42. The first-order valence-corrected chi connectivity index (χ1v) is 9.58. The molecule has 0 aliphatic carbocycles. The van der Waals surface area contributed by atoms with E-state index in [9.17, 15) is 14.5 Å². The fraction of sp³-hybridized carbons (Fsp3) is 0.333. The van der Waals surface area contributed by atoms with Gasteiger partial charge in [-0.25, -0.2) is 9.37 Å². The first-order valence-electron chi connectivity index (χ1n) is 8.76. The van der Waals surface area contributed by atoms with E-state index in [4.69, 9.17) is 9.72 Å². The standard InChI is InChI=1S/C18H16FN5O3S/c1-18(10-23-8-15(24(25)26)21-17(23)27-18)9-22-6-13-14(7-22)28-16(20-13)11-2-4-12(19)5-3-11/h2-5,8H,6-7,9-10H2,1H3/t18-/m0/s1. The van der Waals surface area contributed by atoms with Crippen molar-refractivity contribution in [2.75, 3.05) is 6.54 Å². The molecule has 0 radical (unpaired) electrons. The van der Waals surface area contributed by atoms with E-state index in [0.717, 1.165) is 22.8 Å². The van der Waals surface area contributed by atoms with Crippen molar-refractivity contribution in [2.24, 2.45) is 0 Å². The third kappa shape index (κ3) is 2.94. The molecule has 0 fully saturated rings. The summed E-state index contributed by atoms with van der Waals surface area (Å²) in [4.78, 5) is 22.4. The number of nitrogens with zero attached hydrogens (tertiary/aromatic N) is 5. The van der Waals surface area contributed by atoms with Crippen LogP contribution in [0.4, 0.5) is 10.2 Å². The first-order chi connectivity index (χ1) is 13.4. The molecule has 0 unspecified atom stereocenters. The van der Waals surface area contributed by atoms with E-state index < -0.39 is 10.5 Å². The highest BCUT2D eigenvalue weighted by Crippen LogP contribution is 2.36. The Hall–Kier alpha value is -2.85. The van der Waals surface area contributed by atoms with Crippen LogP contribution in [-0.4, -0.2) is 36.5 Å². The number of ether oxygens (including phenoxy) is 1. The number of nitro groups is 1. The van der Waals surface area contributed by atoms with Crippen LogP contribution in [-0.2, 0) is 19.6 Å². The molecule has 1 atom stereocenters. The zero-order valence-corrected chi connectivity index (χ0v) is 15.8. The maximum absolute atomic E-state index is 13.1. The van der Waals surface area contributed by atoms with Crippen molar-refractivity contribution < 1.29 is 14.1 Å². The van der Waals surface area contributed by atoms with Crippen LogP contribution >= 0.6 is 11.3 Å². The van der Waals surface area contributed by atoms with Crippen LogP contribution in [0, 0.1) is 15.9 Å². The Morgan fingerprint density at radius 1 is 1.32 bits per heavy atom. The van der Waals surface area contributed by atoms with Gasteiger partial charge in [-0.2, -0.15) is 0 Å². The second-order valence-corrected chi connectivity index (χ2v) is 8.44. The summed E-state index contributed by atoms with van der Waals surface area (Å²) in [5.74, 6) is -0.452. The van der Waals surface area contributed by atoms with Gasteiger partial charge >= 0.3 is 11.8 Å². The molecule has 0 spiro atoms. The molecular formula is C18H16FN5O3S. The summed E-state index contributed by atoms with van der Waals surface area (Å²) in [6.07, 6.45) is 1.41. The SMILES string of the molecule is C[C@]1(CN2Cc3nc(-c4ccc(F)cc4)sc3C2)Cn2cc([N+](=O)[O-])nc2O1. The Labute approximate surface area is 163 Å².